The van der Waals surface area contributed by atoms with E-state index in [1.165, 1.54) is 36.1 Å². The third kappa shape index (κ3) is 4.93. The molecule has 2 aromatic carbocycles. The summed E-state index contributed by atoms with van der Waals surface area (Å²) in [6.07, 6.45) is 3.77. The van der Waals surface area contributed by atoms with Crippen molar-refractivity contribution in [1.29, 1.82) is 0 Å². The monoisotopic (exact) mass is 379 g/mol. The number of hydrogen-bond acceptors (Lipinski definition) is 3. The Labute approximate surface area is 169 Å². The number of nitrogens with zero attached hydrogens (tertiary/aromatic N) is 2. The lowest BCUT2D eigenvalue weighted by molar-refractivity contribution is 0.0924. The molecule has 0 aromatic heterocycles. The van der Waals surface area contributed by atoms with Gasteiger partial charge in [-0.2, -0.15) is 0 Å². The molecule has 1 atom stereocenters. The largest absolute Gasteiger partial charge is 0.378 e. The number of carbonyl (C=O) groups is 1. The van der Waals surface area contributed by atoms with E-state index in [0.29, 0.717) is 6.54 Å². The van der Waals surface area contributed by atoms with Crippen LogP contribution in [-0.4, -0.2) is 44.5 Å². The highest BCUT2D eigenvalue weighted by Gasteiger charge is 2.23. The lowest BCUT2D eigenvalue weighted by Gasteiger charge is -2.35. The van der Waals surface area contributed by atoms with Crippen LogP contribution in [0.1, 0.15) is 52.4 Å². The van der Waals surface area contributed by atoms with Crippen molar-refractivity contribution in [2.45, 2.75) is 39.2 Å². The van der Waals surface area contributed by atoms with E-state index in [0.717, 1.165) is 24.2 Å². The van der Waals surface area contributed by atoms with Gasteiger partial charge in [-0.3, -0.25) is 9.69 Å². The minimum absolute atomic E-state index is 0.00928. The molecule has 1 amide bonds. The molecule has 1 heterocycles. The molecule has 150 valence electrons. The van der Waals surface area contributed by atoms with Crippen LogP contribution < -0.4 is 10.2 Å². The molecule has 1 saturated heterocycles. The van der Waals surface area contributed by atoms with E-state index < -0.39 is 0 Å². The number of piperidine rings is 1. The number of nitrogens with one attached hydrogen (secondary N) is 1. The van der Waals surface area contributed by atoms with Crippen LogP contribution >= 0.6 is 0 Å². The molecule has 1 aliphatic heterocycles. The van der Waals surface area contributed by atoms with Gasteiger partial charge in [-0.15, -0.1) is 0 Å². The Morgan fingerprint density at radius 2 is 1.68 bits per heavy atom. The van der Waals surface area contributed by atoms with Crippen LogP contribution in [-0.2, 0) is 0 Å². The fourth-order valence-corrected chi connectivity index (χ4v) is 3.86. The van der Waals surface area contributed by atoms with Gasteiger partial charge >= 0.3 is 0 Å². The number of aryl methyl sites for hydroxylation is 2. The van der Waals surface area contributed by atoms with Gasteiger partial charge in [0.05, 0.1) is 6.04 Å². The summed E-state index contributed by atoms with van der Waals surface area (Å²) in [5, 5.41) is 3.19. The number of benzene rings is 2. The van der Waals surface area contributed by atoms with E-state index in [4.69, 9.17) is 0 Å². The van der Waals surface area contributed by atoms with Gasteiger partial charge in [0.1, 0.15) is 0 Å². The molecule has 0 aliphatic carbocycles. The quantitative estimate of drug-likeness (QED) is 0.812. The first-order chi connectivity index (χ1) is 13.5. The Kier molecular flexibility index (Phi) is 6.74. The lowest BCUT2D eigenvalue weighted by Crippen LogP contribution is -2.40. The Morgan fingerprint density at radius 1 is 1.00 bits per heavy atom. The Balaban J connectivity index is 1.75. The van der Waals surface area contributed by atoms with E-state index >= 15 is 0 Å². The van der Waals surface area contributed by atoms with Crippen LogP contribution in [0.5, 0.6) is 0 Å². The van der Waals surface area contributed by atoms with Crippen molar-refractivity contribution in [3.63, 3.8) is 0 Å². The summed E-state index contributed by atoms with van der Waals surface area (Å²) in [6, 6.07) is 14.9. The molecule has 0 saturated carbocycles. The molecule has 0 radical (unpaired) electrons. The Bertz CT molecular complexity index is 792. The molecular weight excluding hydrogens is 346 g/mol. The van der Waals surface area contributed by atoms with Crippen LogP contribution in [0.4, 0.5) is 5.69 Å². The van der Waals surface area contributed by atoms with Crippen molar-refractivity contribution in [3.8, 4) is 0 Å². The molecule has 28 heavy (non-hydrogen) atoms. The van der Waals surface area contributed by atoms with Crippen LogP contribution in [0.25, 0.3) is 0 Å². The summed E-state index contributed by atoms with van der Waals surface area (Å²) >= 11 is 0. The molecule has 0 spiro atoms. The summed E-state index contributed by atoms with van der Waals surface area (Å²) in [5.41, 5.74) is 5.57. The third-order valence-corrected chi connectivity index (χ3v) is 5.85. The smallest absolute Gasteiger partial charge is 0.251 e. The number of carbonyl (C=O) groups excluding carboxylic acids is 1. The maximum absolute atomic E-state index is 12.7. The normalized spacial score (nSPS) is 15.9. The average molecular weight is 380 g/mol. The van der Waals surface area contributed by atoms with Crippen molar-refractivity contribution in [2.75, 3.05) is 38.6 Å². The van der Waals surface area contributed by atoms with Gasteiger partial charge in [0.2, 0.25) is 0 Å². The molecule has 2 aromatic rings. The topological polar surface area (TPSA) is 35.6 Å². The highest BCUT2D eigenvalue weighted by Crippen LogP contribution is 2.26. The first kappa shape index (κ1) is 20.4. The summed E-state index contributed by atoms with van der Waals surface area (Å²) < 4.78 is 0. The number of hydrogen-bond donors (Lipinski definition) is 1. The van der Waals surface area contributed by atoms with E-state index in [-0.39, 0.29) is 11.9 Å². The van der Waals surface area contributed by atoms with E-state index in [1.54, 1.807) is 0 Å². The lowest BCUT2D eigenvalue weighted by atomic mass is 10.0. The van der Waals surface area contributed by atoms with Gasteiger partial charge < -0.3 is 10.2 Å². The number of amides is 1. The van der Waals surface area contributed by atoms with E-state index in [1.807, 2.05) is 18.2 Å². The van der Waals surface area contributed by atoms with Crippen LogP contribution in [0.15, 0.2) is 42.5 Å². The zero-order valence-electron chi connectivity index (χ0n) is 17.7. The zero-order chi connectivity index (χ0) is 20.1. The summed E-state index contributed by atoms with van der Waals surface area (Å²) in [4.78, 5) is 17.4. The van der Waals surface area contributed by atoms with Crippen molar-refractivity contribution in [2.24, 2.45) is 0 Å². The minimum atomic E-state index is 0.00928. The molecule has 1 fully saturated rings. The molecule has 3 rings (SSSR count). The maximum Gasteiger partial charge on any atom is 0.251 e. The van der Waals surface area contributed by atoms with Crippen LogP contribution in [0.3, 0.4) is 0 Å². The van der Waals surface area contributed by atoms with Crippen molar-refractivity contribution in [1.82, 2.24) is 10.2 Å². The molecule has 1 unspecified atom stereocenters. The fourth-order valence-electron chi connectivity index (χ4n) is 3.86. The van der Waals surface area contributed by atoms with Gasteiger partial charge in [0.15, 0.2) is 0 Å². The molecule has 4 nitrogen and oxygen atoms in total. The summed E-state index contributed by atoms with van der Waals surface area (Å²) in [5.74, 6) is 0.00928. The second kappa shape index (κ2) is 9.24. The standard InChI is InChI=1S/C24H33N3O/c1-18-8-9-21(16-19(18)2)24(28)25-17-23(27-14-6-5-7-15-27)20-10-12-22(13-11-20)26(3)4/h8-13,16,23H,5-7,14-15,17H2,1-4H3,(H,25,28). The first-order valence-electron chi connectivity index (χ1n) is 10.3. The third-order valence-electron chi connectivity index (χ3n) is 5.85. The predicted molar refractivity (Wildman–Crippen MR) is 117 cm³/mol. The second-order valence-electron chi connectivity index (χ2n) is 8.11. The number of likely N-dealkylation sites (tertiary alicyclic amines) is 1. The first-order valence-corrected chi connectivity index (χ1v) is 10.3. The molecule has 4 heteroatoms. The summed E-state index contributed by atoms with van der Waals surface area (Å²) in [6.45, 7) is 6.95. The average Bonchev–Trinajstić information content (AvgIpc) is 2.71. The predicted octanol–water partition coefficient (Wildman–Crippen LogP) is 4.33. The molecule has 1 N–H and O–H groups in total. The van der Waals surface area contributed by atoms with Crippen molar-refractivity contribution in [3.05, 3.63) is 64.7 Å². The van der Waals surface area contributed by atoms with Gasteiger partial charge in [0.25, 0.3) is 5.91 Å². The number of anilines is 1. The second-order valence-corrected chi connectivity index (χ2v) is 8.11. The van der Waals surface area contributed by atoms with Gasteiger partial charge in [-0.05, 0) is 80.7 Å². The molecular formula is C24H33N3O. The van der Waals surface area contributed by atoms with Crippen molar-refractivity contribution >= 4 is 11.6 Å². The molecule has 1 aliphatic rings. The Hall–Kier alpha value is -2.33. The minimum Gasteiger partial charge on any atom is -0.378 e. The van der Waals surface area contributed by atoms with Gasteiger partial charge in [-0.25, -0.2) is 0 Å². The van der Waals surface area contributed by atoms with Gasteiger partial charge in [0, 0.05) is 31.9 Å². The Morgan fingerprint density at radius 3 is 2.29 bits per heavy atom. The fraction of sp³-hybridized carbons (Fsp3) is 0.458. The van der Waals surface area contributed by atoms with E-state index in [9.17, 15) is 4.79 Å². The van der Waals surface area contributed by atoms with Crippen LogP contribution in [0, 0.1) is 13.8 Å². The van der Waals surface area contributed by atoms with E-state index in [2.05, 4.69) is 67.3 Å². The maximum atomic E-state index is 12.7. The number of rotatable bonds is 6. The van der Waals surface area contributed by atoms with Crippen molar-refractivity contribution < 1.29 is 4.79 Å². The highest BCUT2D eigenvalue weighted by molar-refractivity contribution is 5.94. The summed E-state index contributed by atoms with van der Waals surface area (Å²) in [7, 11) is 4.11. The SMILES string of the molecule is Cc1ccc(C(=O)NCC(c2ccc(N(C)C)cc2)N2CCCCC2)cc1C. The zero-order valence-corrected chi connectivity index (χ0v) is 17.7. The molecule has 0 bridgehead atoms. The van der Waals surface area contributed by atoms with Crippen LogP contribution in [0.2, 0.25) is 0 Å². The van der Waals surface area contributed by atoms with Gasteiger partial charge in [-0.1, -0.05) is 24.6 Å². The highest BCUT2D eigenvalue weighted by atomic mass is 16.1.